The number of carboxylic acids is 1. The van der Waals surface area contributed by atoms with Crippen LogP contribution in [0.1, 0.15) is 6.92 Å². The van der Waals surface area contributed by atoms with Gasteiger partial charge in [-0.2, -0.15) is 0 Å². The summed E-state index contributed by atoms with van der Waals surface area (Å²) in [6.45, 7) is 3.41. The number of amides is 1. The Morgan fingerprint density at radius 2 is 2.00 bits per heavy atom. The number of carbonyl (C=O) groups is 2. The quantitative estimate of drug-likeness (QED) is 0.702. The molecule has 1 fully saturated rings. The van der Waals surface area contributed by atoms with Crippen LogP contribution < -0.4 is 0 Å². The minimum absolute atomic E-state index is 0.0215. The monoisotopic (exact) mass is 214 g/mol. The molecule has 1 amide bonds. The van der Waals surface area contributed by atoms with E-state index >= 15 is 0 Å². The average Bonchev–Trinajstić information content (AvgIpc) is 2.46. The first-order chi connectivity index (χ1) is 6.91. The van der Waals surface area contributed by atoms with Gasteiger partial charge in [-0.15, -0.1) is 0 Å². The maximum atomic E-state index is 11.4. The lowest BCUT2D eigenvalue weighted by molar-refractivity contribution is -0.142. The highest BCUT2D eigenvalue weighted by Gasteiger charge is 2.35. The van der Waals surface area contributed by atoms with Gasteiger partial charge in [0, 0.05) is 27.2 Å². The smallest absolute Gasteiger partial charge is 0.308 e. The van der Waals surface area contributed by atoms with E-state index < -0.39 is 5.97 Å². The number of hydrogen-bond donors (Lipinski definition) is 1. The fraction of sp³-hybridized carbons (Fsp3) is 0.800. The van der Waals surface area contributed by atoms with Crippen molar-refractivity contribution in [2.24, 2.45) is 11.8 Å². The van der Waals surface area contributed by atoms with E-state index in [0.717, 1.165) is 0 Å². The van der Waals surface area contributed by atoms with Gasteiger partial charge in [-0.25, -0.2) is 0 Å². The normalized spacial score (nSPS) is 26.6. The van der Waals surface area contributed by atoms with Crippen molar-refractivity contribution >= 4 is 11.9 Å². The van der Waals surface area contributed by atoms with Crippen molar-refractivity contribution in [2.45, 2.75) is 6.92 Å². The van der Waals surface area contributed by atoms with E-state index in [1.54, 1.807) is 14.1 Å². The standard InChI is InChI=1S/C10H18N2O3/c1-7-4-12(5-8(7)10(14)15)6-9(13)11(2)3/h7-8H,4-6H2,1-3H3,(H,14,15)/t7-,8-/m1/s1. The Morgan fingerprint density at radius 3 is 2.40 bits per heavy atom. The Balaban J connectivity index is 2.48. The number of likely N-dealkylation sites (N-methyl/N-ethyl adjacent to an activating group) is 1. The highest BCUT2D eigenvalue weighted by molar-refractivity contribution is 5.78. The molecule has 0 aromatic rings. The van der Waals surface area contributed by atoms with Crippen molar-refractivity contribution in [3.8, 4) is 0 Å². The molecular formula is C10H18N2O3. The molecule has 1 saturated heterocycles. The Labute approximate surface area is 89.7 Å². The molecule has 0 spiro atoms. The summed E-state index contributed by atoms with van der Waals surface area (Å²) in [5, 5.41) is 8.92. The van der Waals surface area contributed by atoms with Crippen LogP contribution in [0.5, 0.6) is 0 Å². The van der Waals surface area contributed by atoms with Gasteiger partial charge in [-0.1, -0.05) is 6.92 Å². The summed E-state index contributed by atoms with van der Waals surface area (Å²) in [5.74, 6) is -0.951. The molecule has 0 saturated carbocycles. The number of hydrogen-bond acceptors (Lipinski definition) is 3. The molecule has 0 radical (unpaired) electrons. The predicted octanol–water partition coefficient (Wildman–Crippen LogP) is -0.273. The first kappa shape index (κ1) is 12.0. The molecule has 0 unspecified atom stereocenters. The zero-order chi connectivity index (χ0) is 11.6. The summed E-state index contributed by atoms with van der Waals surface area (Å²) in [4.78, 5) is 25.7. The lowest BCUT2D eigenvalue weighted by atomic mass is 9.99. The molecule has 0 aromatic heterocycles. The Kier molecular flexibility index (Phi) is 3.68. The molecule has 5 heteroatoms. The highest BCUT2D eigenvalue weighted by Crippen LogP contribution is 2.22. The van der Waals surface area contributed by atoms with E-state index in [4.69, 9.17) is 5.11 Å². The summed E-state index contributed by atoms with van der Waals surface area (Å²) >= 11 is 0. The lowest BCUT2D eigenvalue weighted by Crippen LogP contribution is -2.35. The summed E-state index contributed by atoms with van der Waals surface area (Å²) in [6.07, 6.45) is 0. The first-order valence-electron chi connectivity index (χ1n) is 5.07. The Hall–Kier alpha value is -1.10. The third-order valence-corrected chi connectivity index (χ3v) is 2.86. The largest absolute Gasteiger partial charge is 0.481 e. The second-order valence-electron chi connectivity index (χ2n) is 4.40. The zero-order valence-electron chi connectivity index (χ0n) is 9.43. The molecular weight excluding hydrogens is 196 g/mol. The van der Waals surface area contributed by atoms with Gasteiger partial charge in [-0.3, -0.25) is 14.5 Å². The molecule has 1 rings (SSSR count). The summed E-state index contributed by atoms with van der Waals surface area (Å²) in [7, 11) is 3.41. The third-order valence-electron chi connectivity index (χ3n) is 2.86. The van der Waals surface area contributed by atoms with Gasteiger partial charge in [-0.05, 0) is 5.92 Å². The number of nitrogens with zero attached hydrogens (tertiary/aromatic N) is 2. The van der Waals surface area contributed by atoms with Crippen LogP contribution in [0.4, 0.5) is 0 Å². The van der Waals surface area contributed by atoms with Crippen LogP contribution in [-0.4, -0.2) is 60.5 Å². The second kappa shape index (κ2) is 4.61. The van der Waals surface area contributed by atoms with Crippen LogP contribution >= 0.6 is 0 Å². The summed E-state index contributed by atoms with van der Waals surface area (Å²) < 4.78 is 0. The van der Waals surface area contributed by atoms with Crippen LogP contribution in [0.3, 0.4) is 0 Å². The van der Waals surface area contributed by atoms with Crippen LogP contribution in [0.2, 0.25) is 0 Å². The van der Waals surface area contributed by atoms with Crippen LogP contribution in [0.15, 0.2) is 0 Å². The zero-order valence-corrected chi connectivity index (χ0v) is 9.43. The molecule has 0 aromatic carbocycles. The molecule has 1 aliphatic heterocycles. The average molecular weight is 214 g/mol. The number of carboxylic acid groups (broad SMARTS) is 1. The van der Waals surface area contributed by atoms with E-state index in [1.165, 1.54) is 4.90 Å². The minimum Gasteiger partial charge on any atom is -0.481 e. The van der Waals surface area contributed by atoms with Gasteiger partial charge in [0.1, 0.15) is 0 Å². The number of aliphatic carboxylic acids is 1. The lowest BCUT2D eigenvalue weighted by Gasteiger charge is -2.17. The molecule has 15 heavy (non-hydrogen) atoms. The van der Waals surface area contributed by atoms with E-state index in [9.17, 15) is 9.59 Å². The van der Waals surface area contributed by atoms with Crippen LogP contribution in [0, 0.1) is 11.8 Å². The molecule has 0 aliphatic carbocycles. The van der Waals surface area contributed by atoms with Crippen molar-refractivity contribution in [3.05, 3.63) is 0 Å². The van der Waals surface area contributed by atoms with E-state index in [2.05, 4.69) is 0 Å². The number of likely N-dealkylation sites (tertiary alicyclic amines) is 1. The van der Waals surface area contributed by atoms with Gasteiger partial charge in [0.2, 0.25) is 5.91 Å². The first-order valence-corrected chi connectivity index (χ1v) is 5.07. The molecule has 1 aliphatic rings. The van der Waals surface area contributed by atoms with Crippen molar-refractivity contribution in [1.29, 1.82) is 0 Å². The molecule has 0 bridgehead atoms. The van der Waals surface area contributed by atoms with E-state index in [0.29, 0.717) is 19.6 Å². The molecule has 2 atom stereocenters. The maximum Gasteiger partial charge on any atom is 0.308 e. The molecule has 86 valence electrons. The number of carbonyl (C=O) groups excluding carboxylic acids is 1. The van der Waals surface area contributed by atoms with Crippen molar-refractivity contribution in [1.82, 2.24) is 9.80 Å². The topological polar surface area (TPSA) is 60.9 Å². The fourth-order valence-corrected chi connectivity index (χ4v) is 1.85. The van der Waals surface area contributed by atoms with Gasteiger partial charge in [0.15, 0.2) is 0 Å². The van der Waals surface area contributed by atoms with E-state index in [-0.39, 0.29) is 17.7 Å². The fourth-order valence-electron chi connectivity index (χ4n) is 1.85. The van der Waals surface area contributed by atoms with Crippen molar-refractivity contribution in [2.75, 3.05) is 33.7 Å². The SMILES string of the molecule is C[C@@H]1CN(CC(=O)N(C)C)C[C@H]1C(=O)O. The van der Waals surface area contributed by atoms with Gasteiger partial charge in [0.05, 0.1) is 12.5 Å². The summed E-state index contributed by atoms with van der Waals surface area (Å²) in [6, 6.07) is 0. The van der Waals surface area contributed by atoms with Crippen molar-refractivity contribution in [3.63, 3.8) is 0 Å². The molecule has 1 N–H and O–H groups in total. The van der Waals surface area contributed by atoms with Crippen LogP contribution in [0.25, 0.3) is 0 Å². The van der Waals surface area contributed by atoms with E-state index in [1.807, 2.05) is 11.8 Å². The highest BCUT2D eigenvalue weighted by atomic mass is 16.4. The predicted molar refractivity (Wildman–Crippen MR) is 55.4 cm³/mol. The molecule has 5 nitrogen and oxygen atoms in total. The maximum absolute atomic E-state index is 11.4. The minimum atomic E-state index is -0.762. The van der Waals surface area contributed by atoms with Gasteiger partial charge >= 0.3 is 5.97 Å². The van der Waals surface area contributed by atoms with Crippen LogP contribution in [-0.2, 0) is 9.59 Å². The third kappa shape index (κ3) is 2.92. The number of rotatable bonds is 3. The second-order valence-corrected chi connectivity index (χ2v) is 4.40. The van der Waals surface area contributed by atoms with Gasteiger partial charge < -0.3 is 10.0 Å². The van der Waals surface area contributed by atoms with Crippen molar-refractivity contribution < 1.29 is 14.7 Å². The Morgan fingerprint density at radius 1 is 1.40 bits per heavy atom. The summed E-state index contributed by atoms with van der Waals surface area (Å²) in [5.41, 5.74) is 0. The molecule has 1 heterocycles. The van der Waals surface area contributed by atoms with Gasteiger partial charge in [0.25, 0.3) is 0 Å². The Bertz CT molecular complexity index is 265.